The second kappa shape index (κ2) is 3.41. The first-order valence-electron chi connectivity index (χ1n) is 5.77. The van der Waals surface area contributed by atoms with Crippen molar-refractivity contribution in [3.63, 3.8) is 0 Å². The van der Waals surface area contributed by atoms with Crippen LogP contribution in [0.3, 0.4) is 0 Å². The number of benzene rings is 1. The number of hydrogen-bond donors (Lipinski definition) is 1. The molecule has 0 aromatic heterocycles. The fraction of sp³-hybridized carbons (Fsp3) is 0.538. The lowest BCUT2D eigenvalue weighted by atomic mass is 9.96. The van der Waals surface area contributed by atoms with Gasteiger partial charge in [0.05, 0.1) is 11.5 Å². The minimum Gasteiger partial charge on any atom is -0.493 e. The van der Waals surface area contributed by atoms with Gasteiger partial charge in [0.25, 0.3) is 0 Å². The number of rotatable bonds is 0. The van der Waals surface area contributed by atoms with Gasteiger partial charge >= 0.3 is 0 Å². The van der Waals surface area contributed by atoms with Crippen LogP contribution in [0.5, 0.6) is 5.75 Å². The van der Waals surface area contributed by atoms with E-state index in [1.165, 1.54) is 5.56 Å². The van der Waals surface area contributed by atoms with Crippen LogP contribution in [0.15, 0.2) is 24.3 Å². The molecule has 86 valence electrons. The Kier molecular flexibility index (Phi) is 2.23. The summed E-state index contributed by atoms with van der Waals surface area (Å²) in [6.45, 7) is 5.35. The van der Waals surface area contributed by atoms with Gasteiger partial charge in [-0.3, -0.25) is 5.32 Å². The minimum atomic E-state index is 0.0817. The van der Waals surface area contributed by atoms with Gasteiger partial charge in [-0.2, -0.15) is 0 Å². The largest absolute Gasteiger partial charge is 0.493 e. The van der Waals surface area contributed by atoms with E-state index in [1.807, 2.05) is 17.8 Å². The molecule has 1 aromatic carbocycles. The summed E-state index contributed by atoms with van der Waals surface area (Å²) in [5.41, 5.74) is 1.53. The maximum absolute atomic E-state index is 5.72. The van der Waals surface area contributed by atoms with Crippen molar-refractivity contribution in [3.05, 3.63) is 29.8 Å². The van der Waals surface area contributed by atoms with Crippen molar-refractivity contribution in [3.8, 4) is 5.75 Å². The average Bonchev–Trinajstić information content (AvgIpc) is 2.56. The summed E-state index contributed by atoms with van der Waals surface area (Å²) in [5.74, 6) is 2.20. The zero-order valence-corrected chi connectivity index (χ0v) is 10.6. The van der Waals surface area contributed by atoms with Crippen molar-refractivity contribution in [2.75, 3.05) is 12.4 Å². The number of nitrogens with one attached hydrogen (secondary N) is 1. The van der Waals surface area contributed by atoms with Crippen LogP contribution in [0.25, 0.3) is 0 Å². The van der Waals surface area contributed by atoms with Gasteiger partial charge in [0.1, 0.15) is 5.75 Å². The van der Waals surface area contributed by atoms with Gasteiger partial charge in [-0.15, -0.1) is 11.8 Å². The predicted octanol–water partition coefficient (Wildman–Crippen LogP) is 2.74. The number of hydrogen-bond acceptors (Lipinski definition) is 3. The third-order valence-electron chi connectivity index (χ3n) is 3.25. The van der Waals surface area contributed by atoms with Crippen molar-refractivity contribution >= 4 is 11.8 Å². The van der Waals surface area contributed by atoms with Gasteiger partial charge < -0.3 is 4.74 Å². The van der Waals surface area contributed by atoms with Crippen molar-refractivity contribution in [1.82, 2.24) is 5.32 Å². The van der Waals surface area contributed by atoms with Gasteiger partial charge in [0, 0.05) is 23.3 Å². The van der Waals surface area contributed by atoms with Gasteiger partial charge in [-0.25, -0.2) is 0 Å². The third-order valence-corrected chi connectivity index (χ3v) is 5.14. The lowest BCUT2D eigenvalue weighted by molar-refractivity contribution is 0.224. The van der Waals surface area contributed by atoms with Gasteiger partial charge in [0.2, 0.25) is 0 Å². The summed E-state index contributed by atoms with van der Waals surface area (Å²) in [4.78, 5) is 0.0817. The Labute approximate surface area is 101 Å². The fourth-order valence-corrected chi connectivity index (χ4v) is 4.15. The molecule has 1 aromatic rings. The predicted molar refractivity (Wildman–Crippen MR) is 67.9 cm³/mol. The van der Waals surface area contributed by atoms with E-state index in [1.54, 1.807) is 0 Å². The third kappa shape index (κ3) is 1.54. The van der Waals surface area contributed by atoms with Gasteiger partial charge in [-0.05, 0) is 19.9 Å². The SMILES string of the molecule is CC1(C)CSC2(CCOc3ccccc32)N1. The summed E-state index contributed by atoms with van der Waals surface area (Å²) in [6.07, 6.45) is 1.05. The van der Waals surface area contributed by atoms with Crippen LogP contribution in [0.4, 0.5) is 0 Å². The van der Waals surface area contributed by atoms with E-state index < -0.39 is 0 Å². The van der Waals surface area contributed by atoms with Crippen molar-refractivity contribution in [2.24, 2.45) is 0 Å². The Bertz CT molecular complexity index is 418. The van der Waals surface area contributed by atoms with Crippen molar-refractivity contribution in [1.29, 1.82) is 0 Å². The highest BCUT2D eigenvalue weighted by atomic mass is 32.2. The molecule has 1 atom stereocenters. The van der Waals surface area contributed by atoms with E-state index in [4.69, 9.17) is 4.74 Å². The van der Waals surface area contributed by atoms with E-state index in [2.05, 4.69) is 37.4 Å². The zero-order chi connectivity index (χ0) is 11.2. The molecule has 3 rings (SSSR count). The summed E-state index contributed by atoms with van der Waals surface area (Å²) in [7, 11) is 0. The van der Waals surface area contributed by atoms with Gasteiger partial charge in [-0.1, -0.05) is 18.2 Å². The minimum absolute atomic E-state index is 0.0817. The molecular weight excluding hydrogens is 218 g/mol. The van der Waals surface area contributed by atoms with E-state index in [0.29, 0.717) is 0 Å². The highest BCUT2D eigenvalue weighted by Crippen LogP contribution is 2.50. The normalized spacial score (nSPS) is 31.1. The van der Waals surface area contributed by atoms with E-state index >= 15 is 0 Å². The first-order valence-corrected chi connectivity index (χ1v) is 6.76. The molecule has 1 saturated heterocycles. The lowest BCUT2D eigenvalue weighted by Crippen LogP contribution is -2.47. The molecule has 2 aliphatic heterocycles. The highest BCUT2D eigenvalue weighted by molar-refractivity contribution is 8.00. The maximum atomic E-state index is 5.72. The molecule has 0 aliphatic carbocycles. The molecule has 0 radical (unpaired) electrons. The molecule has 2 heterocycles. The lowest BCUT2D eigenvalue weighted by Gasteiger charge is -2.36. The number of thioether (sulfide) groups is 1. The molecule has 0 amide bonds. The topological polar surface area (TPSA) is 21.3 Å². The molecular formula is C13H17NOS. The Balaban J connectivity index is 2.05. The summed E-state index contributed by atoms with van der Waals surface area (Å²) >= 11 is 2.02. The van der Waals surface area contributed by atoms with Crippen LogP contribution in [0.1, 0.15) is 25.8 Å². The molecule has 2 aliphatic rings. The van der Waals surface area contributed by atoms with Crippen LogP contribution >= 0.6 is 11.8 Å². The summed E-state index contributed by atoms with van der Waals surface area (Å²) in [5, 5.41) is 3.78. The Morgan fingerprint density at radius 2 is 2.12 bits per heavy atom. The number of para-hydroxylation sites is 1. The molecule has 0 saturated carbocycles. The summed E-state index contributed by atoms with van der Waals surface area (Å²) < 4.78 is 5.72. The monoisotopic (exact) mass is 235 g/mol. The quantitative estimate of drug-likeness (QED) is 0.747. The van der Waals surface area contributed by atoms with Gasteiger partial charge in [0.15, 0.2) is 0 Å². The maximum Gasteiger partial charge on any atom is 0.125 e. The van der Waals surface area contributed by atoms with Crippen LogP contribution < -0.4 is 10.1 Å². The fourth-order valence-electron chi connectivity index (χ4n) is 2.57. The first kappa shape index (κ1) is 10.5. The molecule has 1 spiro atoms. The second-order valence-electron chi connectivity index (χ2n) is 5.22. The first-order chi connectivity index (χ1) is 7.61. The number of ether oxygens (including phenoxy) is 1. The molecule has 2 nitrogen and oxygen atoms in total. The number of fused-ring (bicyclic) bond motifs is 2. The molecule has 16 heavy (non-hydrogen) atoms. The van der Waals surface area contributed by atoms with E-state index in [0.717, 1.165) is 24.5 Å². The van der Waals surface area contributed by atoms with Crippen molar-refractivity contribution in [2.45, 2.75) is 30.7 Å². The highest BCUT2D eigenvalue weighted by Gasteiger charge is 2.47. The Hall–Kier alpha value is -0.670. The molecule has 0 bridgehead atoms. The van der Waals surface area contributed by atoms with Crippen LogP contribution in [-0.2, 0) is 4.87 Å². The Morgan fingerprint density at radius 3 is 2.88 bits per heavy atom. The van der Waals surface area contributed by atoms with Crippen LogP contribution in [-0.4, -0.2) is 17.9 Å². The van der Waals surface area contributed by atoms with E-state index in [9.17, 15) is 0 Å². The molecule has 1 fully saturated rings. The Morgan fingerprint density at radius 1 is 1.31 bits per heavy atom. The van der Waals surface area contributed by atoms with Crippen LogP contribution in [0.2, 0.25) is 0 Å². The standard InChI is InChI=1S/C13H17NOS/c1-12(2)9-16-13(14-12)7-8-15-11-6-4-3-5-10(11)13/h3-6,14H,7-9H2,1-2H3. The van der Waals surface area contributed by atoms with Crippen LogP contribution in [0, 0.1) is 0 Å². The summed E-state index contributed by atoms with van der Waals surface area (Å²) in [6, 6.07) is 8.41. The van der Waals surface area contributed by atoms with E-state index in [-0.39, 0.29) is 10.4 Å². The average molecular weight is 235 g/mol. The molecule has 1 N–H and O–H groups in total. The van der Waals surface area contributed by atoms with Crippen molar-refractivity contribution < 1.29 is 4.74 Å². The molecule has 3 heteroatoms. The zero-order valence-electron chi connectivity index (χ0n) is 9.75. The molecule has 1 unspecified atom stereocenters. The second-order valence-corrected chi connectivity index (χ2v) is 6.49. The smallest absolute Gasteiger partial charge is 0.125 e.